The predicted molar refractivity (Wildman–Crippen MR) is 164 cm³/mol. The molecule has 0 bridgehead atoms. The van der Waals surface area contributed by atoms with E-state index in [9.17, 15) is 0 Å². The van der Waals surface area contributed by atoms with E-state index in [1.165, 1.54) is 20.4 Å². The minimum atomic E-state index is -2.66. The molecule has 1 saturated heterocycles. The number of rotatable bonds is 10. The average Bonchev–Trinajstić information content (AvgIpc) is 3.34. The summed E-state index contributed by atoms with van der Waals surface area (Å²) in [6, 6.07) is 42.9. The van der Waals surface area contributed by atoms with E-state index >= 15 is 0 Å². The molecule has 3 atom stereocenters. The Morgan fingerprint density at radius 2 is 1.26 bits per heavy atom. The number of ether oxygens (including phenoxy) is 2. The Morgan fingerprint density at radius 1 is 0.744 bits per heavy atom. The van der Waals surface area contributed by atoms with E-state index in [1.807, 2.05) is 6.07 Å². The fraction of sp³-hybridized carbons (Fsp3) is 0.294. The zero-order chi connectivity index (χ0) is 27.1. The Hall–Kier alpha value is -2.50. The van der Waals surface area contributed by atoms with Gasteiger partial charge in [-0.15, -0.1) is 0 Å². The van der Waals surface area contributed by atoms with Gasteiger partial charge in [0.05, 0.1) is 0 Å². The molecule has 1 aliphatic rings. The first-order valence-electron chi connectivity index (χ1n) is 13.7. The van der Waals surface area contributed by atoms with Crippen molar-refractivity contribution in [1.29, 1.82) is 0 Å². The number of hydrogen-bond acceptors (Lipinski definition) is 3. The molecule has 5 rings (SSSR count). The molecule has 3 nitrogen and oxygen atoms in total. The molecule has 4 aromatic rings. The van der Waals surface area contributed by atoms with E-state index in [0.717, 1.165) is 0 Å². The topological polar surface area (TPSA) is 27.7 Å². The summed E-state index contributed by atoms with van der Waals surface area (Å²) in [4.78, 5) is 0.330. The Bertz CT molecular complexity index is 1240. The van der Waals surface area contributed by atoms with E-state index in [1.54, 1.807) is 0 Å². The van der Waals surface area contributed by atoms with Gasteiger partial charge in [-0.05, 0) is 0 Å². The predicted octanol–water partition coefficient (Wildman–Crippen LogP) is 5.37. The van der Waals surface area contributed by atoms with Crippen LogP contribution in [0.25, 0.3) is 0 Å². The molecule has 1 fully saturated rings. The van der Waals surface area contributed by atoms with Crippen molar-refractivity contribution in [3.8, 4) is 0 Å². The zero-order valence-electron chi connectivity index (χ0n) is 23.0. The van der Waals surface area contributed by atoms with Crippen LogP contribution in [0.15, 0.2) is 121 Å². The minimum absolute atomic E-state index is 0.0244. The molecular formula is C34H38O3SeSi. The van der Waals surface area contributed by atoms with Crippen LogP contribution in [0, 0.1) is 0 Å². The van der Waals surface area contributed by atoms with Crippen molar-refractivity contribution in [3.63, 3.8) is 0 Å². The van der Waals surface area contributed by atoms with E-state index in [-0.39, 0.29) is 32.2 Å². The van der Waals surface area contributed by atoms with Crippen molar-refractivity contribution in [2.45, 2.75) is 49.4 Å². The molecule has 0 amide bonds. The molecule has 4 aromatic carbocycles. The van der Waals surface area contributed by atoms with Crippen LogP contribution in [0.3, 0.4) is 0 Å². The van der Waals surface area contributed by atoms with Gasteiger partial charge in [-0.3, -0.25) is 0 Å². The van der Waals surface area contributed by atoms with Crippen molar-refractivity contribution < 1.29 is 13.9 Å². The number of hydrogen-bond donors (Lipinski definition) is 0. The molecule has 1 heterocycles. The van der Waals surface area contributed by atoms with Crippen LogP contribution in [0.4, 0.5) is 0 Å². The first-order chi connectivity index (χ1) is 19.0. The normalized spacial score (nSPS) is 19.7. The van der Waals surface area contributed by atoms with E-state index in [2.05, 4.69) is 136 Å². The van der Waals surface area contributed by atoms with Crippen LogP contribution >= 0.6 is 0 Å². The van der Waals surface area contributed by atoms with Gasteiger partial charge in [0.2, 0.25) is 0 Å². The summed E-state index contributed by atoms with van der Waals surface area (Å²) >= 11 is 0.245. The molecule has 0 saturated carbocycles. The van der Waals surface area contributed by atoms with Crippen molar-refractivity contribution in [2.24, 2.45) is 0 Å². The van der Waals surface area contributed by atoms with E-state index < -0.39 is 8.32 Å². The third-order valence-corrected chi connectivity index (χ3v) is 15.0. The molecule has 5 heteroatoms. The van der Waals surface area contributed by atoms with E-state index in [4.69, 9.17) is 13.9 Å². The molecule has 0 unspecified atom stereocenters. The van der Waals surface area contributed by atoms with Gasteiger partial charge < -0.3 is 0 Å². The van der Waals surface area contributed by atoms with Crippen LogP contribution < -0.4 is 14.8 Å². The van der Waals surface area contributed by atoms with Gasteiger partial charge in [0.25, 0.3) is 0 Å². The third-order valence-electron chi connectivity index (χ3n) is 7.40. The zero-order valence-corrected chi connectivity index (χ0v) is 25.7. The molecule has 0 spiro atoms. The Morgan fingerprint density at radius 3 is 1.79 bits per heavy atom. The van der Waals surface area contributed by atoms with Gasteiger partial charge >= 0.3 is 242 Å². The summed E-state index contributed by atoms with van der Waals surface area (Å²) in [5.74, 6) is 0. The Kier molecular flexibility index (Phi) is 9.19. The van der Waals surface area contributed by atoms with Gasteiger partial charge in [0.15, 0.2) is 0 Å². The molecule has 0 radical (unpaired) electrons. The van der Waals surface area contributed by atoms with Crippen molar-refractivity contribution >= 4 is 38.1 Å². The first kappa shape index (κ1) is 28.0. The molecule has 1 aliphatic heterocycles. The standard InChI is InChI=1S/C34H38O3SeSi/c1-34(2,3)39(29-20-12-6-13-21-29,30-22-14-7-15-23-30)37-25-31-33(36-24-27-16-8-4-9-17-27)32(26-35-31)38-28-18-10-5-11-19-28/h4-23,31-33H,24-26H2,1-3H3/t31-,32+,33-/m1/s1. The van der Waals surface area contributed by atoms with Gasteiger partial charge in [0.1, 0.15) is 0 Å². The van der Waals surface area contributed by atoms with Crippen molar-refractivity contribution in [3.05, 3.63) is 127 Å². The molecule has 39 heavy (non-hydrogen) atoms. The van der Waals surface area contributed by atoms with Gasteiger partial charge in [-0.2, -0.15) is 0 Å². The quantitative estimate of drug-likeness (QED) is 0.229. The summed E-state index contributed by atoms with van der Waals surface area (Å²) in [6.45, 7) is 8.74. The second-order valence-corrected chi connectivity index (χ2v) is 18.1. The van der Waals surface area contributed by atoms with Gasteiger partial charge in [0, 0.05) is 0 Å². The molecule has 0 N–H and O–H groups in total. The Balaban J connectivity index is 1.43. The fourth-order valence-corrected chi connectivity index (χ4v) is 12.6. The summed E-state index contributed by atoms with van der Waals surface area (Å²) in [5.41, 5.74) is 1.18. The van der Waals surface area contributed by atoms with Gasteiger partial charge in [-0.1, -0.05) is 0 Å². The first-order valence-corrected chi connectivity index (χ1v) is 17.5. The van der Waals surface area contributed by atoms with Crippen molar-refractivity contribution in [2.75, 3.05) is 13.2 Å². The molecule has 202 valence electrons. The second kappa shape index (κ2) is 12.8. The summed E-state index contributed by atoms with van der Waals surface area (Å²) in [6.07, 6.45) is -0.144. The SMILES string of the molecule is CC(C)(C)[Si](OC[C@H]1OC[C@H]([Se]c2ccccc2)[C@@H]1OCc1ccccc1)(c1ccccc1)c1ccccc1. The maximum atomic E-state index is 7.27. The van der Waals surface area contributed by atoms with Crippen LogP contribution in [0.1, 0.15) is 26.3 Å². The summed E-state index contributed by atoms with van der Waals surface area (Å²) in [7, 11) is -2.66. The molecule has 0 aliphatic carbocycles. The maximum absolute atomic E-state index is 7.27. The van der Waals surface area contributed by atoms with Crippen LogP contribution in [-0.4, -0.2) is 48.7 Å². The average molecular weight is 602 g/mol. The fourth-order valence-electron chi connectivity index (χ4n) is 5.52. The molecular weight excluding hydrogens is 563 g/mol. The third kappa shape index (κ3) is 6.46. The number of benzene rings is 4. The molecule has 0 aromatic heterocycles. The van der Waals surface area contributed by atoms with E-state index in [0.29, 0.717) is 24.6 Å². The van der Waals surface area contributed by atoms with Crippen LogP contribution in [0.2, 0.25) is 9.85 Å². The summed E-state index contributed by atoms with van der Waals surface area (Å²) < 4.78 is 21.8. The van der Waals surface area contributed by atoms with Crippen LogP contribution in [-0.2, 0) is 20.5 Å². The second-order valence-electron chi connectivity index (χ2n) is 11.1. The summed E-state index contributed by atoms with van der Waals surface area (Å²) in [5, 5.41) is 2.49. The van der Waals surface area contributed by atoms with Crippen LogP contribution in [0.5, 0.6) is 0 Å². The van der Waals surface area contributed by atoms with Crippen molar-refractivity contribution in [1.82, 2.24) is 0 Å². The monoisotopic (exact) mass is 602 g/mol. The van der Waals surface area contributed by atoms with Gasteiger partial charge in [-0.25, -0.2) is 0 Å². The Labute approximate surface area is 240 Å².